The van der Waals surface area contributed by atoms with Crippen LogP contribution in [-0.2, 0) is 0 Å². The molecule has 18 heavy (non-hydrogen) atoms. The van der Waals surface area contributed by atoms with E-state index in [0.29, 0.717) is 11.3 Å². The number of halogens is 1. The van der Waals surface area contributed by atoms with Crippen molar-refractivity contribution >= 4 is 5.91 Å². The first kappa shape index (κ1) is 12.0. The number of benzene rings is 1. The summed E-state index contributed by atoms with van der Waals surface area (Å²) >= 11 is 0. The van der Waals surface area contributed by atoms with Crippen molar-refractivity contribution in [2.45, 2.75) is 0 Å². The summed E-state index contributed by atoms with van der Waals surface area (Å²) in [6.07, 6.45) is 0. The van der Waals surface area contributed by atoms with E-state index in [0.717, 1.165) is 0 Å². The highest BCUT2D eigenvalue weighted by molar-refractivity contribution is 5.89. The van der Waals surface area contributed by atoms with E-state index in [1.54, 1.807) is 24.3 Å². The minimum absolute atomic E-state index is 0.223. The number of ether oxygens (including phenoxy) is 1. The Labute approximate surface area is 101 Å². The van der Waals surface area contributed by atoms with Gasteiger partial charge in [0, 0.05) is 5.56 Å². The topological polar surface area (TPSA) is 103 Å². The standard InChI is InChI=1S/C10H9FN4O3/c11-5-17-7-3-1-6(2-4-7)8-13-10(18-15-8)9(16)14-12/h1-4H,5,12H2,(H,14,16). The van der Waals surface area contributed by atoms with Crippen LogP contribution in [0.1, 0.15) is 10.7 Å². The summed E-state index contributed by atoms with van der Waals surface area (Å²) in [6.45, 7) is -0.900. The molecular formula is C10H9FN4O3. The molecule has 0 aliphatic heterocycles. The van der Waals surface area contributed by atoms with Gasteiger partial charge in [0.2, 0.25) is 12.7 Å². The van der Waals surface area contributed by atoms with Crippen LogP contribution in [0.25, 0.3) is 11.4 Å². The molecule has 94 valence electrons. The lowest BCUT2D eigenvalue weighted by Gasteiger charge is -2.00. The zero-order valence-corrected chi connectivity index (χ0v) is 9.09. The average molecular weight is 252 g/mol. The Balaban J connectivity index is 2.20. The van der Waals surface area contributed by atoms with Gasteiger partial charge in [-0.25, -0.2) is 10.2 Å². The highest BCUT2D eigenvalue weighted by Crippen LogP contribution is 2.19. The van der Waals surface area contributed by atoms with E-state index >= 15 is 0 Å². The van der Waals surface area contributed by atoms with E-state index in [1.807, 2.05) is 5.43 Å². The summed E-state index contributed by atoms with van der Waals surface area (Å²) in [6, 6.07) is 6.32. The third-order valence-electron chi connectivity index (χ3n) is 2.09. The van der Waals surface area contributed by atoms with Crippen LogP contribution in [0.4, 0.5) is 4.39 Å². The molecule has 2 rings (SSSR count). The van der Waals surface area contributed by atoms with Crippen LogP contribution in [0.3, 0.4) is 0 Å². The van der Waals surface area contributed by atoms with Gasteiger partial charge < -0.3 is 9.26 Å². The van der Waals surface area contributed by atoms with Crippen molar-refractivity contribution in [2.24, 2.45) is 5.84 Å². The van der Waals surface area contributed by atoms with Crippen LogP contribution in [0.5, 0.6) is 5.75 Å². The summed E-state index contributed by atoms with van der Waals surface area (Å²) in [5.74, 6) is 4.61. The Morgan fingerprint density at radius 1 is 1.44 bits per heavy atom. The lowest BCUT2D eigenvalue weighted by Crippen LogP contribution is -2.30. The second-order valence-corrected chi connectivity index (χ2v) is 3.17. The Morgan fingerprint density at radius 3 is 2.78 bits per heavy atom. The van der Waals surface area contributed by atoms with E-state index < -0.39 is 12.8 Å². The number of alkyl halides is 1. The highest BCUT2D eigenvalue weighted by Gasteiger charge is 2.14. The molecule has 0 aliphatic carbocycles. The molecule has 3 N–H and O–H groups in total. The van der Waals surface area contributed by atoms with Gasteiger partial charge in [-0.05, 0) is 24.3 Å². The smallest absolute Gasteiger partial charge is 0.323 e. The number of rotatable bonds is 4. The molecule has 7 nitrogen and oxygen atoms in total. The van der Waals surface area contributed by atoms with Crippen LogP contribution in [-0.4, -0.2) is 22.9 Å². The second-order valence-electron chi connectivity index (χ2n) is 3.17. The average Bonchev–Trinajstić information content (AvgIpc) is 2.89. The molecule has 0 saturated heterocycles. The summed E-state index contributed by atoms with van der Waals surface area (Å²) in [4.78, 5) is 14.9. The van der Waals surface area contributed by atoms with E-state index in [1.165, 1.54) is 0 Å². The van der Waals surface area contributed by atoms with E-state index in [-0.39, 0.29) is 11.7 Å². The van der Waals surface area contributed by atoms with E-state index in [4.69, 9.17) is 10.4 Å². The van der Waals surface area contributed by atoms with E-state index in [2.05, 4.69) is 14.9 Å². The number of aromatic nitrogens is 2. The maximum atomic E-state index is 11.9. The monoisotopic (exact) mass is 252 g/mol. The maximum Gasteiger partial charge on any atom is 0.323 e. The van der Waals surface area contributed by atoms with Crippen molar-refractivity contribution < 1.29 is 18.4 Å². The van der Waals surface area contributed by atoms with Crippen LogP contribution in [0.2, 0.25) is 0 Å². The van der Waals surface area contributed by atoms with Gasteiger partial charge in [-0.15, -0.1) is 0 Å². The lowest BCUT2D eigenvalue weighted by molar-refractivity contribution is 0.0910. The number of hydrogen-bond donors (Lipinski definition) is 2. The molecule has 1 aromatic heterocycles. The van der Waals surface area contributed by atoms with Crippen molar-refractivity contribution in [3.8, 4) is 17.1 Å². The predicted molar refractivity (Wildman–Crippen MR) is 58.0 cm³/mol. The van der Waals surface area contributed by atoms with Gasteiger partial charge in [0.15, 0.2) is 0 Å². The van der Waals surface area contributed by atoms with Gasteiger partial charge in [-0.3, -0.25) is 10.2 Å². The number of amides is 1. The maximum absolute atomic E-state index is 11.9. The normalized spacial score (nSPS) is 10.1. The first-order valence-corrected chi connectivity index (χ1v) is 4.88. The van der Waals surface area contributed by atoms with Gasteiger partial charge >= 0.3 is 11.8 Å². The minimum Gasteiger partial charge on any atom is -0.463 e. The number of nitrogens with zero attached hydrogens (tertiary/aromatic N) is 2. The molecule has 0 saturated carbocycles. The quantitative estimate of drug-likeness (QED) is 0.470. The zero-order valence-electron chi connectivity index (χ0n) is 9.09. The summed E-state index contributed by atoms with van der Waals surface area (Å²) in [7, 11) is 0. The summed E-state index contributed by atoms with van der Waals surface area (Å²) < 4.78 is 21.3. The van der Waals surface area contributed by atoms with Gasteiger partial charge in [0.05, 0.1) is 0 Å². The summed E-state index contributed by atoms with van der Waals surface area (Å²) in [5, 5.41) is 3.61. The van der Waals surface area contributed by atoms with Gasteiger partial charge in [0.25, 0.3) is 0 Å². The van der Waals surface area contributed by atoms with Crippen molar-refractivity contribution in [1.82, 2.24) is 15.6 Å². The van der Waals surface area contributed by atoms with Gasteiger partial charge in [-0.1, -0.05) is 5.16 Å². The molecule has 2 aromatic rings. The van der Waals surface area contributed by atoms with Crippen LogP contribution in [0, 0.1) is 0 Å². The molecular weight excluding hydrogens is 243 g/mol. The van der Waals surface area contributed by atoms with Crippen LogP contribution in [0.15, 0.2) is 28.8 Å². The fourth-order valence-electron chi connectivity index (χ4n) is 1.26. The molecule has 0 unspecified atom stereocenters. The molecule has 0 spiro atoms. The fraction of sp³-hybridized carbons (Fsp3) is 0.100. The molecule has 1 heterocycles. The molecule has 8 heteroatoms. The Hall–Kier alpha value is -2.48. The third kappa shape index (κ3) is 2.43. The van der Waals surface area contributed by atoms with Crippen molar-refractivity contribution in [3.05, 3.63) is 30.2 Å². The number of nitrogens with two attached hydrogens (primary N) is 1. The predicted octanol–water partition coefficient (Wildman–Crippen LogP) is 0.646. The number of hydrogen-bond acceptors (Lipinski definition) is 6. The highest BCUT2D eigenvalue weighted by atomic mass is 19.1. The Morgan fingerprint density at radius 2 is 2.17 bits per heavy atom. The van der Waals surface area contributed by atoms with Crippen molar-refractivity contribution in [3.63, 3.8) is 0 Å². The van der Waals surface area contributed by atoms with Crippen molar-refractivity contribution in [1.29, 1.82) is 0 Å². The summed E-state index contributed by atoms with van der Waals surface area (Å²) in [5.41, 5.74) is 2.47. The number of nitrogen functional groups attached to an aromatic ring is 1. The fourth-order valence-corrected chi connectivity index (χ4v) is 1.26. The SMILES string of the molecule is NNC(=O)c1nc(-c2ccc(OCF)cc2)no1. The largest absolute Gasteiger partial charge is 0.463 e. The molecule has 0 bridgehead atoms. The molecule has 1 amide bonds. The molecule has 1 aromatic carbocycles. The third-order valence-corrected chi connectivity index (χ3v) is 2.09. The van der Waals surface area contributed by atoms with Crippen molar-refractivity contribution in [2.75, 3.05) is 6.86 Å². The van der Waals surface area contributed by atoms with Gasteiger partial charge in [-0.2, -0.15) is 4.98 Å². The Kier molecular flexibility index (Phi) is 3.49. The first-order chi connectivity index (χ1) is 8.74. The van der Waals surface area contributed by atoms with Crippen LogP contribution < -0.4 is 16.0 Å². The Bertz CT molecular complexity index is 540. The minimum atomic E-state index is -0.900. The molecule has 0 radical (unpaired) electrons. The molecule has 0 atom stereocenters. The van der Waals surface area contributed by atoms with E-state index in [9.17, 15) is 9.18 Å². The first-order valence-electron chi connectivity index (χ1n) is 4.88. The lowest BCUT2D eigenvalue weighted by atomic mass is 10.2. The molecule has 0 fully saturated rings. The number of hydrazine groups is 1. The molecule has 0 aliphatic rings. The second kappa shape index (κ2) is 5.23. The zero-order chi connectivity index (χ0) is 13.0. The number of nitrogens with one attached hydrogen (secondary N) is 1. The number of carbonyl (C=O) groups is 1. The van der Waals surface area contributed by atoms with Crippen LogP contribution >= 0.6 is 0 Å². The van der Waals surface area contributed by atoms with Gasteiger partial charge in [0.1, 0.15) is 5.75 Å². The number of carbonyl (C=O) groups excluding carboxylic acids is 1.